The van der Waals surface area contributed by atoms with Crippen molar-refractivity contribution in [1.29, 1.82) is 0 Å². The molecule has 8 nitrogen and oxygen atoms in total. The predicted octanol–water partition coefficient (Wildman–Crippen LogP) is 2.84. The summed E-state index contributed by atoms with van der Waals surface area (Å²) in [6.45, 7) is 3.18. The van der Waals surface area contributed by atoms with Crippen LogP contribution in [0, 0.1) is 12.8 Å². The quantitative estimate of drug-likeness (QED) is 0.640. The zero-order valence-corrected chi connectivity index (χ0v) is 17.6. The number of benzene rings is 1. The number of ether oxygens (including phenoxy) is 1. The molecule has 2 aromatic heterocycles. The van der Waals surface area contributed by atoms with Gasteiger partial charge in [-0.15, -0.1) is 0 Å². The Kier molecular flexibility index (Phi) is 5.97. The molecule has 0 aliphatic carbocycles. The van der Waals surface area contributed by atoms with Crippen molar-refractivity contribution in [3.63, 3.8) is 0 Å². The van der Waals surface area contributed by atoms with Crippen molar-refractivity contribution in [3.8, 4) is 5.75 Å². The minimum Gasteiger partial charge on any atom is -0.497 e. The molecular formula is C23H25N5O3. The van der Waals surface area contributed by atoms with E-state index in [4.69, 9.17) is 4.74 Å². The lowest BCUT2D eigenvalue weighted by molar-refractivity contribution is 0.0942. The fourth-order valence-corrected chi connectivity index (χ4v) is 3.79. The van der Waals surface area contributed by atoms with Crippen molar-refractivity contribution < 1.29 is 14.3 Å². The number of methoxy groups -OCH3 is 1. The summed E-state index contributed by atoms with van der Waals surface area (Å²) >= 11 is 0. The van der Waals surface area contributed by atoms with Gasteiger partial charge in [0, 0.05) is 31.2 Å². The van der Waals surface area contributed by atoms with Crippen LogP contribution in [0.25, 0.3) is 0 Å². The van der Waals surface area contributed by atoms with Gasteiger partial charge in [-0.3, -0.25) is 19.3 Å². The number of aromatic nitrogens is 3. The third-order valence-electron chi connectivity index (χ3n) is 5.58. The van der Waals surface area contributed by atoms with E-state index in [0.29, 0.717) is 24.1 Å². The first-order valence-corrected chi connectivity index (χ1v) is 10.2. The summed E-state index contributed by atoms with van der Waals surface area (Å²) < 4.78 is 7.11. The van der Waals surface area contributed by atoms with Gasteiger partial charge in [-0.2, -0.15) is 5.10 Å². The second-order valence-electron chi connectivity index (χ2n) is 7.67. The van der Waals surface area contributed by atoms with Crippen molar-refractivity contribution in [2.75, 3.05) is 19.0 Å². The van der Waals surface area contributed by atoms with Gasteiger partial charge < -0.3 is 15.4 Å². The molecule has 160 valence electrons. The van der Waals surface area contributed by atoms with E-state index in [2.05, 4.69) is 20.7 Å². The normalized spacial score (nSPS) is 15.1. The van der Waals surface area contributed by atoms with Crippen LogP contribution in [0.5, 0.6) is 5.75 Å². The molecule has 1 atom stereocenters. The van der Waals surface area contributed by atoms with Crippen LogP contribution in [-0.2, 0) is 13.0 Å². The van der Waals surface area contributed by atoms with E-state index in [1.807, 2.05) is 29.8 Å². The number of amides is 2. The highest BCUT2D eigenvalue weighted by atomic mass is 16.5. The van der Waals surface area contributed by atoms with Gasteiger partial charge in [0.05, 0.1) is 30.1 Å². The Balaban J connectivity index is 1.41. The molecule has 4 rings (SSSR count). The molecule has 0 bridgehead atoms. The van der Waals surface area contributed by atoms with Gasteiger partial charge in [0.25, 0.3) is 11.8 Å². The molecular weight excluding hydrogens is 394 g/mol. The average molecular weight is 419 g/mol. The number of hydrogen-bond donors (Lipinski definition) is 2. The van der Waals surface area contributed by atoms with E-state index >= 15 is 0 Å². The number of anilines is 1. The maximum atomic E-state index is 12.9. The Hall–Kier alpha value is -3.68. The lowest BCUT2D eigenvalue weighted by atomic mass is 9.94. The molecule has 0 radical (unpaired) electrons. The van der Waals surface area contributed by atoms with Crippen molar-refractivity contribution in [3.05, 3.63) is 71.3 Å². The van der Waals surface area contributed by atoms with Gasteiger partial charge in [0.15, 0.2) is 0 Å². The molecule has 3 heterocycles. The SMILES string of the molecule is COc1ccc(NC(=O)c2cnn3c2CC(CNC(=O)c2cccnc2)CC3)c(C)c1. The smallest absolute Gasteiger partial charge is 0.259 e. The first kappa shape index (κ1) is 20.6. The summed E-state index contributed by atoms with van der Waals surface area (Å²) in [6, 6.07) is 9.01. The number of carbonyl (C=O) groups excluding carboxylic acids is 2. The summed E-state index contributed by atoms with van der Waals surface area (Å²) in [5.74, 6) is 0.656. The second-order valence-corrected chi connectivity index (χ2v) is 7.67. The van der Waals surface area contributed by atoms with Crippen molar-refractivity contribution in [1.82, 2.24) is 20.1 Å². The lowest BCUT2D eigenvalue weighted by Crippen LogP contribution is -2.33. The van der Waals surface area contributed by atoms with Gasteiger partial charge in [-0.25, -0.2) is 0 Å². The van der Waals surface area contributed by atoms with Gasteiger partial charge in [-0.1, -0.05) is 0 Å². The molecule has 1 unspecified atom stereocenters. The van der Waals surface area contributed by atoms with E-state index in [1.54, 1.807) is 37.8 Å². The van der Waals surface area contributed by atoms with Gasteiger partial charge in [0.2, 0.25) is 0 Å². The number of hydrogen-bond acceptors (Lipinski definition) is 5. The molecule has 8 heteroatoms. The number of aryl methyl sites for hydroxylation is 2. The van der Waals surface area contributed by atoms with Crippen LogP contribution >= 0.6 is 0 Å². The summed E-state index contributed by atoms with van der Waals surface area (Å²) in [5, 5.41) is 10.3. The van der Waals surface area contributed by atoms with E-state index < -0.39 is 0 Å². The van der Waals surface area contributed by atoms with E-state index in [0.717, 1.165) is 35.7 Å². The summed E-state index contributed by atoms with van der Waals surface area (Å²) in [5.41, 5.74) is 3.67. The third-order valence-corrected chi connectivity index (χ3v) is 5.58. The van der Waals surface area contributed by atoms with Crippen molar-refractivity contribution in [2.24, 2.45) is 5.92 Å². The van der Waals surface area contributed by atoms with Crippen LogP contribution in [0.2, 0.25) is 0 Å². The highest BCUT2D eigenvalue weighted by Crippen LogP contribution is 2.25. The van der Waals surface area contributed by atoms with Crippen LogP contribution in [0.3, 0.4) is 0 Å². The molecule has 0 fully saturated rings. The summed E-state index contributed by atoms with van der Waals surface area (Å²) in [7, 11) is 1.61. The molecule has 3 aromatic rings. The number of carbonyl (C=O) groups is 2. The van der Waals surface area contributed by atoms with Crippen LogP contribution < -0.4 is 15.4 Å². The van der Waals surface area contributed by atoms with Gasteiger partial charge in [0.1, 0.15) is 5.75 Å². The fraction of sp³-hybridized carbons (Fsp3) is 0.304. The number of nitrogens with zero attached hydrogens (tertiary/aromatic N) is 3. The third kappa shape index (κ3) is 4.58. The standard InChI is InChI=1S/C23H25N5O3/c1-15-10-18(31-2)5-6-20(15)27-23(30)19-14-26-28-9-7-16(11-21(19)28)12-25-22(29)17-4-3-8-24-13-17/h3-6,8,10,13-14,16H,7,9,11-12H2,1-2H3,(H,25,29)(H,27,30). The predicted molar refractivity (Wildman–Crippen MR) is 116 cm³/mol. The number of fused-ring (bicyclic) bond motifs is 1. The highest BCUT2D eigenvalue weighted by molar-refractivity contribution is 6.05. The lowest BCUT2D eigenvalue weighted by Gasteiger charge is -2.24. The molecule has 1 aliphatic heterocycles. The minimum absolute atomic E-state index is 0.139. The maximum Gasteiger partial charge on any atom is 0.259 e. The van der Waals surface area contributed by atoms with Crippen molar-refractivity contribution >= 4 is 17.5 Å². The van der Waals surface area contributed by atoms with E-state index in [-0.39, 0.29) is 17.7 Å². The number of pyridine rings is 1. The molecule has 2 amide bonds. The first-order chi connectivity index (χ1) is 15.0. The Morgan fingerprint density at radius 2 is 2.10 bits per heavy atom. The minimum atomic E-state index is -0.186. The Morgan fingerprint density at radius 1 is 1.23 bits per heavy atom. The molecule has 0 saturated heterocycles. The fourth-order valence-electron chi connectivity index (χ4n) is 3.79. The second kappa shape index (κ2) is 8.99. The number of nitrogens with one attached hydrogen (secondary N) is 2. The van der Waals surface area contributed by atoms with Gasteiger partial charge >= 0.3 is 0 Å². The molecule has 31 heavy (non-hydrogen) atoms. The molecule has 1 aliphatic rings. The van der Waals surface area contributed by atoms with Crippen molar-refractivity contribution in [2.45, 2.75) is 26.3 Å². The molecule has 0 saturated carbocycles. The largest absolute Gasteiger partial charge is 0.497 e. The molecule has 0 spiro atoms. The monoisotopic (exact) mass is 419 g/mol. The first-order valence-electron chi connectivity index (χ1n) is 10.2. The Bertz CT molecular complexity index is 1090. The maximum absolute atomic E-state index is 12.9. The average Bonchev–Trinajstić information content (AvgIpc) is 3.22. The highest BCUT2D eigenvalue weighted by Gasteiger charge is 2.26. The van der Waals surface area contributed by atoms with E-state index in [9.17, 15) is 9.59 Å². The zero-order chi connectivity index (χ0) is 21.8. The van der Waals surface area contributed by atoms with Crippen LogP contribution in [0.4, 0.5) is 5.69 Å². The zero-order valence-electron chi connectivity index (χ0n) is 17.6. The van der Waals surface area contributed by atoms with Crippen LogP contribution in [-0.4, -0.2) is 40.2 Å². The summed E-state index contributed by atoms with van der Waals surface area (Å²) in [6.07, 6.45) is 6.38. The van der Waals surface area contributed by atoms with E-state index in [1.165, 1.54) is 0 Å². The topological polar surface area (TPSA) is 98.1 Å². The van der Waals surface area contributed by atoms with Gasteiger partial charge in [-0.05, 0) is 61.6 Å². The molecule has 2 N–H and O–H groups in total. The Morgan fingerprint density at radius 3 is 2.84 bits per heavy atom. The number of rotatable bonds is 6. The Labute approximate surface area is 180 Å². The van der Waals surface area contributed by atoms with Crippen LogP contribution in [0.15, 0.2) is 48.9 Å². The molecule has 1 aromatic carbocycles. The van der Waals surface area contributed by atoms with Crippen LogP contribution in [0.1, 0.15) is 38.4 Å². The summed E-state index contributed by atoms with van der Waals surface area (Å²) in [4.78, 5) is 29.2.